The predicted molar refractivity (Wildman–Crippen MR) is 103 cm³/mol. The Hall–Kier alpha value is -1.89. The van der Waals surface area contributed by atoms with Crippen molar-refractivity contribution >= 4 is 33.2 Å². The lowest BCUT2D eigenvalue weighted by atomic mass is 9.98. The van der Waals surface area contributed by atoms with Gasteiger partial charge in [0, 0.05) is 23.8 Å². The molecular formula is C19H21ClN2O3S. The summed E-state index contributed by atoms with van der Waals surface area (Å²) in [4.78, 5) is 12.9. The predicted octanol–water partition coefficient (Wildman–Crippen LogP) is 3.69. The first-order valence-corrected chi connectivity index (χ1v) is 10.3. The fraction of sp³-hybridized carbons (Fsp3) is 0.316. The topological polar surface area (TPSA) is 66.5 Å². The van der Waals surface area contributed by atoms with Gasteiger partial charge in [-0.2, -0.15) is 4.31 Å². The molecule has 2 aromatic carbocycles. The molecule has 0 aromatic heterocycles. The van der Waals surface area contributed by atoms with Crippen molar-refractivity contribution in [3.8, 4) is 0 Å². The van der Waals surface area contributed by atoms with Gasteiger partial charge in [-0.1, -0.05) is 35.9 Å². The Balaban J connectivity index is 1.74. The monoisotopic (exact) mass is 392 g/mol. The maximum Gasteiger partial charge on any atom is 0.243 e. The molecule has 5 nitrogen and oxygen atoms in total. The van der Waals surface area contributed by atoms with Crippen LogP contribution in [0, 0.1) is 12.8 Å². The van der Waals surface area contributed by atoms with E-state index in [1.807, 2.05) is 6.92 Å². The van der Waals surface area contributed by atoms with Gasteiger partial charge < -0.3 is 5.32 Å². The van der Waals surface area contributed by atoms with Crippen LogP contribution in [0.5, 0.6) is 0 Å². The summed E-state index contributed by atoms with van der Waals surface area (Å²) in [6, 6.07) is 13.7. The lowest BCUT2D eigenvalue weighted by Crippen LogP contribution is -2.43. The number of hydrogen-bond donors (Lipinski definition) is 1. The van der Waals surface area contributed by atoms with Gasteiger partial charge in [-0.3, -0.25) is 4.79 Å². The second kappa shape index (κ2) is 7.78. The third-order valence-electron chi connectivity index (χ3n) is 4.66. The number of nitrogens with zero attached hydrogens (tertiary/aromatic N) is 1. The van der Waals surface area contributed by atoms with Crippen LogP contribution >= 0.6 is 11.6 Å². The molecule has 0 unspecified atom stereocenters. The van der Waals surface area contributed by atoms with Gasteiger partial charge in [-0.25, -0.2) is 8.42 Å². The highest BCUT2D eigenvalue weighted by Crippen LogP contribution is 2.27. The van der Waals surface area contributed by atoms with Crippen molar-refractivity contribution in [3.05, 3.63) is 59.1 Å². The average molecular weight is 393 g/mol. The van der Waals surface area contributed by atoms with Gasteiger partial charge in [0.15, 0.2) is 0 Å². The zero-order valence-corrected chi connectivity index (χ0v) is 16.1. The summed E-state index contributed by atoms with van der Waals surface area (Å²) in [6.07, 6.45) is 1.31. The Morgan fingerprint density at radius 3 is 2.62 bits per heavy atom. The van der Waals surface area contributed by atoms with Gasteiger partial charge in [-0.15, -0.1) is 0 Å². The number of carbonyl (C=O) groups is 1. The van der Waals surface area contributed by atoms with Gasteiger partial charge in [0.05, 0.1) is 10.8 Å². The minimum atomic E-state index is -3.58. The molecule has 1 saturated heterocycles. The van der Waals surface area contributed by atoms with Crippen molar-refractivity contribution in [2.24, 2.45) is 5.92 Å². The van der Waals surface area contributed by atoms with Crippen molar-refractivity contribution in [2.45, 2.75) is 24.7 Å². The molecule has 0 saturated carbocycles. The van der Waals surface area contributed by atoms with Crippen LogP contribution < -0.4 is 5.32 Å². The van der Waals surface area contributed by atoms with E-state index in [2.05, 4.69) is 5.32 Å². The average Bonchev–Trinajstić information content (AvgIpc) is 2.66. The Kier molecular flexibility index (Phi) is 5.65. The number of anilines is 1. The zero-order valence-electron chi connectivity index (χ0n) is 14.5. The van der Waals surface area contributed by atoms with Crippen LogP contribution in [0.3, 0.4) is 0 Å². The van der Waals surface area contributed by atoms with E-state index < -0.39 is 10.0 Å². The summed E-state index contributed by atoms with van der Waals surface area (Å²) in [6.45, 7) is 2.45. The molecule has 138 valence electrons. The van der Waals surface area contributed by atoms with Crippen LogP contribution in [0.15, 0.2) is 53.4 Å². The summed E-state index contributed by atoms with van der Waals surface area (Å²) < 4.78 is 27.0. The maximum absolute atomic E-state index is 12.8. The van der Waals surface area contributed by atoms with Crippen molar-refractivity contribution in [3.63, 3.8) is 0 Å². The van der Waals surface area contributed by atoms with E-state index in [0.717, 1.165) is 5.56 Å². The molecule has 1 aliphatic heterocycles. The van der Waals surface area contributed by atoms with Crippen LogP contribution in [0.25, 0.3) is 0 Å². The summed E-state index contributed by atoms with van der Waals surface area (Å²) >= 11 is 6.10. The molecule has 0 aliphatic carbocycles. The molecule has 2 aromatic rings. The van der Waals surface area contributed by atoms with Crippen LogP contribution in [0.1, 0.15) is 18.4 Å². The van der Waals surface area contributed by atoms with Crippen LogP contribution in [0.4, 0.5) is 5.69 Å². The van der Waals surface area contributed by atoms with Crippen molar-refractivity contribution in [1.29, 1.82) is 0 Å². The molecule has 0 bridgehead atoms. The lowest BCUT2D eigenvalue weighted by molar-refractivity contribution is -0.120. The van der Waals surface area contributed by atoms with Crippen LogP contribution in [-0.2, 0) is 14.8 Å². The smallest absolute Gasteiger partial charge is 0.243 e. The van der Waals surface area contributed by atoms with Gasteiger partial charge in [-0.05, 0) is 49.6 Å². The Morgan fingerprint density at radius 1 is 1.15 bits per heavy atom. The van der Waals surface area contributed by atoms with Crippen LogP contribution in [-0.4, -0.2) is 31.7 Å². The second-order valence-corrected chi connectivity index (χ2v) is 8.76. The van der Waals surface area contributed by atoms with Gasteiger partial charge in [0.25, 0.3) is 0 Å². The first-order chi connectivity index (χ1) is 12.4. The first-order valence-electron chi connectivity index (χ1n) is 8.51. The molecule has 26 heavy (non-hydrogen) atoms. The number of halogens is 1. The summed E-state index contributed by atoms with van der Waals surface area (Å²) in [7, 11) is -3.58. The molecule has 7 heteroatoms. The number of hydrogen-bond acceptors (Lipinski definition) is 3. The highest BCUT2D eigenvalue weighted by molar-refractivity contribution is 7.89. The third kappa shape index (κ3) is 3.92. The van der Waals surface area contributed by atoms with Crippen molar-refractivity contribution in [2.75, 3.05) is 18.4 Å². The molecule has 1 atom stereocenters. The molecule has 0 spiro atoms. The molecular weight excluding hydrogens is 372 g/mol. The normalized spacial score (nSPS) is 18.5. The molecule has 0 radical (unpaired) electrons. The number of sulfonamides is 1. The fourth-order valence-corrected chi connectivity index (χ4v) is 4.81. The third-order valence-corrected chi connectivity index (χ3v) is 6.95. The molecule has 1 amide bonds. The van der Waals surface area contributed by atoms with E-state index in [1.165, 1.54) is 4.31 Å². The minimum absolute atomic E-state index is 0.177. The van der Waals surface area contributed by atoms with Crippen molar-refractivity contribution in [1.82, 2.24) is 4.31 Å². The highest BCUT2D eigenvalue weighted by Gasteiger charge is 2.33. The van der Waals surface area contributed by atoms with Crippen molar-refractivity contribution < 1.29 is 13.2 Å². The second-order valence-electron chi connectivity index (χ2n) is 6.42. The minimum Gasteiger partial charge on any atom is -0.326 e. The van der Waals surface area contributed by atoms with E-state index in [0.29, 0.717) is 30.1 Å². The largest absolute Gasteiger partial charge is 0.326 e. The number of piperidine rings is 1. The maximum atomic E-state index is 12.8. The Bertz CT molecular complexity index is 900. The fourth-order valence-electron chi connectivity index (χ4n) is 3.09. The molecule has 1 fully saturated rings. The summed E-state index contributed by atoms with van der Waals surface area (Å²) in [5, 5.41) is 3.47. The Morgan fingerprint density at radius 2 is 1.88 bits per heavy atom. The number of nitrogens with one attached hydrogen (secondary N) is 1. The standard InChI is InChI=1S/C19H21ClN2O3S/c1-14-17(20)10-5-11-18(14)21-19(23)15-7-6-12-22(13-15)26(24,25)16-8-3-2-4-9-16/h2-5,8-11,15H,6-7,12-13H2,1H3,(H,21,23)/t15-/m0/s1. The number of benzene rings is 2. The van der Waals surface area contributed by atoms with Gasteiger partial charge >= 0.3 is 0 Å². The first kappa shape index (κ1) is 18.9. The zero-order chi connectivity index (χ0) is 18.7. The lowest BCUT2D eigenvalue weighted by Gasteiger charge is -2.31. The number of carbonyl (C=O) groups excluding carboxylic acids is 1. The van der Waals surface area contributed by atoms with E-state index in [-0.39, 0.29) is 23.3 Å². The molecule has 1 heterocycles. The van der Waals surface area contributed by atoms with E-state index >= 15 is 0 Å². The number of rotatable bonds is 4. The van der Waals surface area contributed by atoms with E-state index in [9.17, 15) is 13.2 Å². The Labute approximate surface area is 159 Å². The van der Waals surface area contributed by atoms with Gasteiger partial charge in [0.1, 0.15) is 0 Å². The molecule has 1 N–H and O–H groups in total. The number of amides is 1. The molecule has 1 aliphatic rings. The van der Waals surface area contributed by atoms with Crippen LogP contribution in [0.2, 0.25) is 5.02 Å². The quantitative estimate of drug-likeness (QED) is 0.862. The summed E-state index contributed by atoms with van der Waals surface area (Å²) in [5.41, 5.74) is 1.46. The van der Waals surface area contributed by atoms with E-state index in [1.54, 1.807) is 48.5 Å². The SMILES string of the molecule is Cc1c(Cl)cccc1NC(=O)[C@H]1CCCN(S(=O)(=O)c2ccccc2)C1. The molecule has 3 rings (SSSR count). The summed E-state index contributed by atoms with van der Waals surface area (Å²) in [5.74, 6) is -0.566. The van der Waals surface area contributed by atoms with Gasteiger partial charge in [0.2, 0.25) is 15.9 Å². The highest BCUT2D eigenvalue weighted by atomic mass is 35.5. The van der Waals surface area contributed by atoms with E-state index in [4.69, 9.17) is 11.6 Å².